The summed E-state index contributed by atoms with van der Waals surface area (Å²) in [5.41, 5.74) is 0.946. The van der Waals surface area contributed by atoms with Crippen molar-refractivity contribution in [1.82, 2.24) is 4.90 Å². The van der Waals surface area contributed by atoms with E-state index in [1.54, 1.807) is 0 Å². The number of nitrogens with zero attached hydrogens (tertiary/aromatic N) is 1. The van der Waals surface area contributed by atoms with Gasteiger partial charge in [0.15, 0.2) is 0 Å². The van der Waals surface area contributed by atoms with Crippen LogP contribution in [0.5, 0.6) is 0 Å². The van der Waals surface area contributed by atoms with E-state index in [0.717, 1.165) is 41.8 Å². The molecule has 24 heavy (non-hydrogen) atoms. The van der Waals surface area contributed by atoms with E-state index in [1.807, 2.05) is 0 Å². The number of rotatable bonds is 1. The Balaban J connectivity index is 1.68. The smallest absolute Gasteiger partial charge is 0.222 e. The Morgan fingerprint density at radius 3 is 2.62 bits per heavy atom. The first-order valence-corrected chi connectivity index (χ1v) is 11.4. The molecule has 2 unspecified atom stereocenters. The number of likely N-dealkylation sites (tertiary alicyclic amines) is 1. The number of carbonyl (C=O) groups is 1. The van der Waals surface area contributed by atoms with Gasteiger partial charge in [-0.25, -0.2) is 0 Å². The molecule has 4 rings (SSSR count). The van der Waals surface area contributed by atoms with Crippen molar-refractivity contribution in [3.05, 3.63) is 0 Å². The second kappa shape index (κ2) is 5.66. The molecule has 4 aliphatic rings. The van der Waals surface area contributed by atoms with Gasteiger partial charge in [-0.1, -0.05) is 20.8 Å². The fourth-order valence-corrected chi connectivity index (χ4v) is 8.58. The Kier molecular flexibility index (Phi) is 4.07. The van der Waals surface area contributed by atoms with Gasteiger partial charge in [-0.05, 0) is 79.3 Å². The van der Waals surface area contributed by atoms with Crippen LogP contribution in [-0.4, -0.2) is 35.4 Å². The van der Waals surface area contributed by atoms with Gasteiger partial charge in [-0.3, -0.25) is 4.79 Å². The van der Waals surface area contributed by atoms with Gasteiger partial charge in [-0.15, -0.1) is 0 Å². The summed E-state index contributed by atoms with van der Waals surface area (Å²) in [5, 5.41) is 0.882. The zero-order valence-corrected chi connectivity index (χ0v) is 17.0. The highest BCUT2D eigenvalue weighted by atomic mass is 32.2. The Hall–Kier alpha value is -0.180. The minimum absolute atomic E-state index is 0.360. The second-order valence-corrected chi connectivity index (χ2v) is 11.2. The number of fused-ring (bicyclic) bond motifs is 5. The normalized spacial score (nSPS) is 54.2. The number of hydrogen-bond acceptors (Lipinski definition) is 2. The first-order chi connectivity index (χ1) is 11.3. The van der Waals surface area contributed by atoms with Crippen LogP contribution in [0.25, 0.3) is 0 Å². The summed E-state index contributed by atoms with van der Waals surface area (Å²) in [5.74, 6) is 3.80. The van der Waals surface area contributed by atoms with Gasteiger partial charge in [0, 0.05) is 24.8 Å². The summed E-state index contributed by atoms with van der Waals surface area (Å²) < 4.78 is 0. The highest BCUT2D eigenvalue weighted by molar-refractivity contribution is 7.99. The van der Waals surface area contributed by atoms with Crippen LogP contribution in [0.1, 0.15) is 65.7 Å². The first-order valence-electron chi connectivity index (χ1n) is 10.1. The summed E-state index contributed by atoms with van der Waals surface area (Å²) in [6.07, 6.45) is 11.1. The standard InChI is InChI=1S/C21H35NOS/c1-13-10-17-21(3,9-7-18(23)22(17)4)15-6-8-20(2)12-14(24-5)11-16(20)19(13)15/h13-17,19H,6-12H2,1-5H3/t13?,14-,15-,16-,17+,19?,20+,21+/m0/s1. The van der Waals surface area contributed by atoms with Crippen LogP contribution >= 0.6 is 11.8 Å². The second-order valence-electron chi connectivity index (χ2n) is 10.0. The Labute approximate surface area is 152 Å². The van der Waals surface area contributed by atoms with Crippen molar-refractivity contribution in [1.29, 1.82) is 0 Å². The minimum Gasteiger partial charge on any atom is -0.342 e. The van der Waals surface area contributed by atoms with Crippen LogP contribution in [0.3, 0.4) is 0 Å². The number of amides is 1. The van der Waals surface area contributed by atoms with Gasteiger partial charge in [0.25, 0.3) is 0 Å². The molecular formula is C21H35NOS. The molecular weight excluding hydrogens is 314 g/mol. The zero-order valence-electron chi connectivity index (χ0n) is 16.2. The maximum Gasteiger partial charge on any atom is 0.222 e. The number of piperidine rings is 1. The molecule has 1 heterocycles. The molecule has 0 radical (unpaired) electrons. The van der Waals surface area contributed by atoms with Gasteiger partial charge in [0.05, 0.1) is 0 Å². The monoisotopic (exact) mass is 349 g/mol. The predicted molar refractivity (Wildman–Crippen MR) is 102 cm³/mol. The molecule has 3 saturated carbocycles. The minimum atomic E-state index is 0.360. The third kappa shape index (κ3) is 2.25. The van der Waals surface area contributed by atoms with Crippen molar-refractivity contribution >= 4 is 17.7 Å². The lowest BCUT2D eigenvalue weighted by molar-refractivity contribution is -0.164. The van der Waals surface area contributed by atoms with Crippen molar-refractivity contribution < 1.29 is 4.79 Å². The fourth-order valence-electron chi connectivity index (χ4n) is 7.64. The van der Waals surface area contributed by atoms with Crippen molar-refractivity contribution in [3.8, 4) is 0 Å². The largest absolute Gasteiger partial charge is 0.342 e. The van der Waals surface area contributed by atoms with Gasteiger partial charge < -0.3 is 4.90 Å². The van der Waals surface area contributed by atoms with Crippen LogP contribution < -0.4 is 0 Å². The molecule has 2 nitrogen and oxygen atoms in total. The quantitative estimate of drug-likeness (QED) is 0.676. The molecule has 0 spiro atoms. The van der Waals surface area contributed by atoms with Crippen molar-refractivity contribution in [2.24, 2.45) is 34.5 Å². The molecule has 0 bridgehead atoms. The molecule has 0 aromatic heterocycles. The van der Waals surface area contributed by atoms with Crippen LogP contribution in [0.15, 0.2) is 0 Å². The Morgan fingerprint density at radius 1 is 1.17 bits per heavy atom. The van der Waals surface area contributed by atoms with E-state index < -0.39 is 0 Å². The molecule has 0 aromatic carbocycles. The third-order valence-corrected chi connectivity index (χ3v) is 10.0. The molecule has 8 atom stereocenters. The molecule has 1 saturated heterocycles. The molecule has 1 aliphatic heterocycles. The van der Waals surface area contributed by atoms with Crippen LogP contribution in [0.4, 0.5) is 0 Å². The van der Waals surface area contributed by atoms with E-state index in [0.29, 0.717) is 22.8 Å². The fraction of sp³-hybridized carbons (Fsp3) is 0.952. The number of hydrogen-bond donors (Lipinski definition) is 0. The van der Waals surface area contributed by atoms with E-state index >= 15 is 0 Å². The van der Waals surface area contributed by atoms with E-state index in [2.05, 4.69) is 50.7 Å². The summed E-state index contributed by atoms with van der Waals surface area (Å²) in [7, 11) is 2.07. The van der Waals surface area contributed by atoms with Crippen molar-refractivity contribution in [2.45, 2.75) is 77.0 Å². The molecule has 3 heteroatoms. The molecule has 1 amide bonds. The summed E-state index contributed by atoms with van der Waals surface area (Å²) in [6, 6.07) is 0.483. The zero-order chi connectivity index (χ0) is 17.3. The van der Waals surface area contributed by atoms with Crippen molar-refractivity contribution in [3.63, 3.8) is 0 Å². The summed E-state index contributed by atoms with van der Waals surface area (Å²) in [6.45, 7) is 7.64. The maximum absolute atomic E-state index is 12.3. The van der Waals surface area contributed by atoms with Crippen LogP contribution in [0.2, 0.25) is 0 Å². The number of thioether (sulfide) groups is 1. The van der Waals surface area contributed by atoms with E-state index in [9.17, 15) is 4.79 Å². The lowest BCUT2D eigenvalue weighted by atomic mass is 9.45. The summed E-state index contributed by atoms with van der Waals surface area (Å²) >= 11 is 2.11. The summed E-state index contributed by atoms with van der Waals surface area (Å²) in [4.78, 5) is 14.4. The van der Waals surface area contributed by atoms with E-state index in [1.165, 1.54) is 32.1 Å². The molecule has 136 valence electrons. The van der Waals surface area contributed by atoms with Crippen LogP contribution in [-0.2, 0) is 4.79 Å². The first kappa shape index (κ1) is 17.2. The molecule has 4 fully saturated rings. The van der Waals surface area contributed by atoms with Crippen LogP contribution in [0, 0.1) is 34.5 Å². The topological polar surface area (TPSA) is 20.3 Å². The van der Waals surface area contributed by atoms with Gasteiger partial charge in [-0.2, -0.15) is 11.8 Å². The predicted octanol–water partition coefficient (Wildman–Crippen LogP) is 4.83. The van der Waals surface area contributed by atoms with E-state index in [4.69, 9.17) is 0 Å². The Bertz CT molecular complexity index is 536. The lowest BCUT2D eigenvalue weighted by Crippen LogP contribution is -2.62. The molecule has 0 aromatic rings. The van der Waals surface area contributed by atoms with Gasteiger partial charge in [0.1, 0.15) is 0 Å². The number of carbonyl (C=O) groups excluding carboxylic acids is 1. The van der Waals surface area contributed by atoms with Gasteiger partial charge in [0.2, 0.25) is 5.91 Å². The maximum atomic E-state index is 12.3. The Morgan fingerprint density at radius 2 is 1.92 bits per heavy atom. The average molecular weight is 350 g/mol. The molecule has 0 N–H and O–H groups in total. The van der Waals surface area contributed by atoms with E-state index in [-0.39, 0.29) is 0 Å². The lowest BCUT2D eigenvalue weighted by Gasteiger charge is -2.63. The highest BCUT2D eigenvalue weighted by Gasteiger charge is 2.61. The molecule has 3 aliphatic carbocycles. The SMILES string of the molecule is CS[C@H]1C[C@H]2C3C(C)C[C@H]4N(C)C(=O)CC[C@]4(C)[C@H]3CC[C@]2(C)C1. The highest BCUT2D eigenvalue weighted by Crippen LogP contribution is 2.66. The average Bonchev–Trinajstić information content (AvgIpc) is 2.90. The van der Waals surface area contributed by atoms with Crippen molar-refractivity contribution in [2.75, 3.05) is 13.3 Å². The third-order valence-electron chi connectivity index (χ3n) is 8.99. The van der Waals surface area contributed by atoms with Gasteiger partial charge >= 0.3 is 0 Å².